The molecule has 0 spiro atoms. The Morgan fingerprint density at radius 2 is 2.43 bits per heavy atom. The third-order valence-electron chi connectivity index (χ3n) is 0.937. The normalized spacial score (nSPS) is 33.6. The number of rotatable bonds is 1. The zero-order valence-electron chi connectivity index (χ0n) is 4.05. The molecule has 0 amide bonds. The fourth-order valence-corrected chi connectivity index (χ4v) is 1.26. The topological polar surface area (TPSA) is 26.3 Å². The molecule has 0 N–H and O–H groups in total. The number of methoxy groups -OCH3 is 1. The summed E-state index contributed by atoms with van der Waals surface area (Å²) in [6, 6.07) is 0. The van der Waals surface area contributed by atoms with E-state index in [9.17, 15) is 4.57 Å². The van der Waals surface area contributed by atoms with Gasteiger partial charge in [0.05, 0.1) is 0 Å². The second kappa shape index (κ2) is 1.39. The highest BCUT2D eigenvalue weighted by molar-refractivity contribution is 7.60. The average molecular weight is 117 g/mol. The van der Waals surface area contributed by atoms with Gasteiger partial charge in [-0.15, -0.1) is 0 Å². The van der Waals surface area contributed by atoms with E-state index in [1.54, 1.807) is 0 Å². The summed E-state index contributed by atoms with van der Waals surface area (Å²) < 4.78 is 15.1. The van der Waals surface area contributed by atoms with Gasteiger partial charge in [-0.1, -0.05) is 4.57 Å². The van der Waals surface area contributed by atoms with Crippen molar-refractivity contribution in [1.29, 1.82) is 0 Å². The lowest BCUT2D eigenvalue weighted by Crippen LogP contribution is -1.80. The molecule has 2 nitrogen and oxygen atoms in total. The minimum Gasteiger partial charge on any atom is -0.331 e. The summed E-state index contributed by atoms with van der Waals surface area (Å²) in [7, 11) is 0.376. The Morgan fingerprint density at radius 1 is 2.00 bits per heavy atom. The Bertz CT molecular complexity index is 116. The van der Waals surface area contributed by atoms with Gasteiger partial charge in [0.2, 0.25) is 5.31 Å². The molecule has 0 aliphatic carbocycles. The minimum absolute atomic E-state index is 0.116. The third kappa shape index (κ3) is 0.601. The van der Waals surface area contributed by atoms with Crippen LogP contribution >= 0.6 is 7.80 Å². The third-order valence-corrected chi connectivity index (χ3v) is 2.41. The molecule has 0 radical (unpaired) electrons. The molecule has 2 atom stereocenters. The van der Waals surface area contributed by atoms with Crippen LogP contribution in [0.2, 0.25) is 0 Å². The van der Waals surface area contributed by atoms with Crippen LogP contribution in [0.3, 0.4) is 0 Å². The molecule has 1 rings (SSSR count). The second-order valence-electron chi connectivity index (χ2n) is 1.41. The van der Waals surface area contributed by atoms with E-state index >= 15 is 0 Å². The van der Waals surface area contributed by atoms with E-state index in [1.165, 1.54) is 7.11 Å². The fraction of sp³-hybridized carbons (Fsp3) is 0.500. The Kier molecular flexibility index (Phi) is 0.983. The molecule has 0 aromatic rings. The van der Waals surface area contributed by atoms with Gasteiger partial charge in [-0.05, 0) is 6.58 Å². The van der Waals surface area contributed by atoms with Crippen molar-refractivity contribution >= 4 is 7.80 Å². The first-order valence-corrected chi connectivity index (χ1v) is 3.28. The Morgan fingerprint density at radius 3 is 2.43 bits per heavy atom. The van der Waals surface area contributed by atoms with E-state index in [-0.39, 0.29) is 5.85 Å². The molecule has 1 fully saturated rings. The van der Waals surface area contributed by atoms with Gasteiger partial charge in [0.25, 0.3) is 0 Å². The molecular formula is C4H6O2P+. The van der Waals surface area contributed by atoms with E-state index in [4.69, 9.17) is 4.74 Å². The standard InChI is InChI=1S/C4H6O2P/c1-3-4(6-2)7(3)5/h4H,1H2,2H3/q+1. The lowest BCUT2D eigenvalue weighted by molar-refractivity contribution is 0.217. The summed E-state index contributed by atoms with van der Waals surface area (Å²) in [5.41, 5.74) is 0. The predicted octanol–water partition coefficient (Wildman–Crippen LogP) is 1.31. The van der Waals surface area contributed by atoms with Gasteiger partial charge in [-0.2, -0.15) is 0 Å². The molecule has 0 aromatic carbocycles. The van der Waals surface area contributed by atoms with Gasteiger partial charge >= 0.3 is 13.6 Å². The van der Waals surface area contributed by atoms with Crippen LogP contribution in [0.4, 0.5) is 0 Å². The lowest BCUT2D eigenvalue weighted by Gasteiger charge is -1.69. The van der Waals surface area contributed by atoms with Gasteiger partial charge in [-0.25, -0.2) is 0 Å². The molecule has 1 aliphatic rings. The summed E-state index contributed by atoms with van der Waals surface area (Å²) in [6.45, 7) is 3.49. The summed E-state index contributed by atoms with van der Waals surface area (Å²) >= 11 is 0. The largest absolute Gasteiger partial charge is 0.420 e. The molecular weight excluding hydrogens is 111 g/mol. The molecule has 1 saturated heterocycles. The maximum Gasteiger partial charge on any atom is 0.420 e. The van der Waals surface area contributed by atoms with Gasteiger partial charge < -0.3 is 4.74 Å². The first kappa shape index (κ1) is 4.95. The van der Waals surface area contributed by atoms with Crippen molar-refractivity contribution in [2.24, 2.45) is 0 Å². The van der Waals surface area contributed by atoms with E-state index in [0.29, 0.717) is 0 Å². The van der Waals surface area contributed by atoms with Gasteiger partial charge in [0.1, 0.15) is 0 Å². The van der Waals surface area contributed by atoms with Gasteiger partial charge in [-0.3, -0.25) is 0 Å². The van der Waals surface area contributed by atoms with Crippen molar-refractivity contribution in [3.05, 3.63) is 11.9 Å². The predicted molar refractivity (Wildman–Crippen MR) is 27.5 cm³/mol. The molecule has 0 saturated carbocycles. The van der Waals surface area contributed by atoms with Crippen LogP contribution in [0, 0.1) is 0 Å². The molecule has 1 aliphatic heterocycles. The first-order valence-electron chi connectivity index (χ1n) is 1.95. The number of hydrogen-bond donors (Lipinski definition) is 0. The van der Waals surface area contributed by atoms with Crippen LogP contribution in [0.1, 0.15) is 0 Å². The van der Waals surface area contributed by atoms with Crippen LogP contribution in [-0.4, -0.2) is 13.0 Å². The molecule has 7 heavy (non-hydrogen) atoms. The van der Waals surface area contributed by atoms with E-state index in [0.717, 1.165) is 5.31 Å². The molecule has 0 aromatic heterocycles. The zero-order chi connectivity index (χ0) is 5.44. The van der Waals surface area contributed by atoms with Crippen LogP contribution in [0.5, 0.6) is 0 Å². The van der Waals surface area contributed by atoms with Crippen molar-refractivity contribution in [3.63, 3.8) is 0 Å². The molecule has 1 heterocycles. The van der Waals surface area contributed by atoms with Gasteiger partial charge in [0.15, 0.2) is 0 Å². The monoisotopic (exact) mass is 117 g/mol. The highest BCUT2D eigenvalue weighted by Crippen LogP contribution is 2.59. The highest BCUT2D eigenvalue weighted by atomic mass is 31.1. The van der Waals surface area contributed by atoms with Crippen molar-refractivity contribution < 1.29 is 9.30 Å². The number of ether oxygens (including phenoxy) is 1. The van der Waals surface area contributed by atoms with Crippen molar-refractivity contribution in [2.45, 2.75) is 5.85 Å². The molecule has 0 bridgehead atoms. The second-order valence-corrected chi connectivity index (χ2v) is 3.10. The van der Waals surface area contributed by atoms with Crippen LogP contribution in [-0.2, 0) is 9.30 Å². The molecule has 2 unspecified atom stereocenters. The summed E-state index contributed by atoms with van der Waals surface area (Å²) in [4.78, 5) is 0. The quantitative estimate of drug-likeness (QED) is 0.484. The highest BCUT2D eigenvalue weighted by Gasteiger charge is 2.59. The van der Waals surface area contributed by atoms with E-state index in [1.807, 2.05) is 0 Å². The van der Waals surface area contributed by atoms with Crippen LogP contribution in [0.25, 0.3) is 0 Å². The zero-order valence-corrected chi connectivity index (χ0v) is 4.94. The number of hydrogen-bond acceptors (Lipinski definition) is 2. The average Bonchev–Trinajstić information content (AvgIpc) is 2.17. The minimum atomic E-state index is -1.16. The van der Waals surface area contributed by atoms with Crippen LogP contribution < -0.4 is 0 Å². The Labute approximate surface area is 43.0 Å². The van der Waals surface area contributed by atoms with Crippen LogP contribution in [0.15, 0.2) is 11.9 Å². The summed E-state index contributed by atoms with van der Waals surface area (Å²) in [5, 5.41) is 0.748. The SMILES string of the molecule is C=C1C(OC)[P+]1=O. The summed E-state index contributed by atoms with van der Waals surface area (Å²) in [6.07, 6.45) is 0. The molecule has 3 heteroatoms. The maximum absolute atomic E-state index is 10.4. The van der Waals surface area contributed by atoms with E-state index < -0.39 is 7.80 Å². The van der Waals surface area contributed by atoms with Gasteiger partial charge in [0, 0.05) is 7.11 Å². The van der Waals surface area contributed by atoms with Crippen molar-refractivity contribution in [3.8, 4) is 0 Å². The first-order chi connectivity index (χ1) is 3.27. The fourth-order valence-electron chi connectivity index (χ4n) is 0.427. The lowest BCUT2D eigenvalue weighted by atomic mass is 10.7. The maximum atomic E-state index is 10.4. The van der Waals surface area contributed by atoms with Crippen molar-refractivity contribution in [2.75, 3.05) is 7.11 Å². The Balaban J connectivity index is 2.54. The Hall–Kier alpha value is -0.200. The molecule has 38 valence electrons. The smallest absolute Gasteiger partial charge is 0.331 e. The van der Waals surface area contributed by atoms with E-state index in [2.05, 4.69) is 6.58 Å². The van der Waals surface area contributed by atoms with Crippen molar-refractivity contribution in [1.82, 2.24) is 0 Å². The summed E-state index contributed by atoms with van der Waals surface area (Å²) in [5.74, 6) is -0.116.